The molecule has 2 aromatic rings. The molecule has 0 radical (unpaired) electrons. The third kappa shape index (κ3) is 3.21. The molecule has 1 amide bonds. The van der Waals surface area contributed by atoms with Crippen molar-refractivity contribution >= 4 is 39.1 Å². The van der Waals surface area contributed by atoms with Crippen molar-refractivity contribution in [1.29, 1.82) is 0 Å². The fraction of sp³-hybridized carbons (Fsp3) is 0.278. The molecule has 4 heteroatoms. The van der Waals surface area contributed by atoms with Crippen LogP contribution in [0.1, 0.15) is 17.5 Å². The third-order valence-electron chi connectivity index (χ3n) is 4.16. The highest BCUT2D eigenvalue weighted by molar-refractivity contribution is 9.10. The monoisotopic (exact) mass is 377 g/mol. The summed E-state index contributed by atoms with van der Waals surface area (Å²) in [6, 6.07) is 13.8. The first-order valence-electron chi connectivity index (χ1n) is 7.36. The molecule has 22 heavy (non-hydrogen) atoms. The number of amides is 1. The molecule has 0 saturated carbocycles. The zero-order valence-corrected chi connectivity index (χ0v) is 14.7. The minimum atomic E-state index is 0.0603. The molecule has 1 atom stereocenters. The van der Waals surface area contributed by atoms with Crippen molar-refractivity contribution in [3.05, 3.63) is 63.1 Å². The minimum absolute atomic E-state index is 0.0603. The second-order valence-electron chi connectivity index (χ2n) is 5.74. The lowest BCUT2D eigenvalue weighted by molar-refractivity contribution is -0.120. The maximum absolute atomic E-state index is 12.7. The fourth-order valence-corrected chi connectivity index (χ4v) is 3.26. The lowest BCUT2D eigenvalue weighted by atomic mass is 9.98. The Bertz CT molecular complexity index is 699. The number of hydrogen-bond donors (Lipinski definition) is 0. The van der Waals surface area contributed by atoms with Crippen LogP contribution < -0.4 is 4.90 Å². The number of carbonyl (C=O) groups excluding carboxylic acids is 1. The number of aryl methyl sites for hydroxylation is 1. The number of benzene rings is 2. The summed E-state index contributed by atoms with van der Waals surface area (Å²) < 4.78 is 1.07. The van der Waals surface area contributed by atoms with Gasteiger partial charge in [-0.1, -0.05) is 39.7 Å². The third-order valence-corrected chi connectivity index (χ3v) is 5.31. The van der Waals surface area contributed by atoms with E-state index in [1.54, 1.807) is 0 Å². The molecule has 1 heterocycles. The van der Waals surface area contributed by atoms with E-state index >= 15 is 0 Å². The van der Waals surface area contributed by atoms with E-state index in [1.807, 2.05) is 48.2 Å². The molecule has 2 aromatic carbocycles. The van der Waals surface area contributed by atoms with Gasteiger partial charge >= 0.3 is 0 Å². The van der Waals surface area contributed by atoms with E-state index in [1.165, 1.54) is 0 Å². The topological polar surface area (TPSA) is 20.3 Å². The minimum Gasteiger partial charge on any atom is -0.312 e. The molecule has 0 aliphatic carbocycles. The van der Waals surface area contributed by atoms with Crippen LogP contribution in [0.15, 0.2) is 46.9 Å². The summed E-state index contributed by atoms with van der Waals surface area (Å²) in [6.45, 7) is 2.83. The summed E-state index contributed by atoms with van der Waals surface area (Å²) in [6.07, 6.45) is 1.68. The maximum atomic E-state index is 12.7. The van der Waals surface area contributed by atoms with Crippen LogP contribution in [-0.4, -0.2) is 12.5 Å². The Morgan fingerprint density at radius 1 is 1.23 bits per heavy atom. The highest BCUT2D eigenvalue weighted by Crippen LogP contribution is 2.30. The predicted molar refractivity (Wildman–Crippen MR) is 94.5 cm³/mol. The molecule has 1 fully saturated rings. The molecule has 1 aliphatic heterocycles. The number of nitrogens with zero attached hydrogens (tertiary/aromatic N) is 1. The summed E-state index contributed by atoms with van der Waals surface area (Å²) in [7, 11) is 0. The van der Waals surface area contributed by atoms with Gasteiger partial charge in [0.15, 0.2) is 0 Å². The van der Waals surface area contributed by atoms with E-state index in [4.69, 9.17) is 11.6 Å². The van der Waals surface area contributed by atoms with E-state index in [-0.39, 0.29) is 11.8 Å². The standard InChI is InChI=1S/C18H17BrClNO/c1-12-10-16(6-7-17(12)19)21-9-8-14(18(21)22)11-13-2-4-15(20)5-3-13/h2-7,10,14H,8-9,11H2,1H3. The molecule has 0 spiro atoms. The summed E-state index contributed by atoms with van der Waals surface area (Å²) in [4.78, 5) is 14.6. The number of halogens is 2. The van der Waals surface area contributed by atoms with Gasteiger partial charge in [0.2, 0.25) is 5.91 Å². The highest BCUT2D eigenvalue weighted by Gasteiger charge is 2.32. The van der Waals surface area contributed by atoms with E-state index in [2.05, 4.69) is 22.0 Å². The van der Waals surface area contributed by atoms with Crippen molar-refractivity contribution in [2.75, 3.05) is 11.4 Å². The van der Waals surface area contributed by atoms with Crippen molar-refractivity contribution < 1.29 is 4.79 Å². The normalized spacial score (nSPS) is 18.0. The van der Waals surface area contributed by atoms with Crippen LogP contribution in [0.3, 0.4) is 0 Å². The SMILES string of the molecule is Cc1cc(N2CCC(Cc3ccc(Cl)cc3)C2=O)ccc1Br. The lowest BCUT2D eigenvalue weighted by Gasteiger charge is -2.18. The first-order chi connectivity index (χ1) is 10.5. The molecular weight excluding hydrogens is 362 g/mol. The van der Waals surface area contributed by atoms with Crippen LogP contribution in [0.2, 0.25) is 5.02 Å². The van der Waals surface area contributed by atoms with Crippen molar-refractivity contribution in [3.63, 3.8) is 0 Å². The van der Waals surface area contributed by atoms with Gasteiger partial charge in [-0.3, -0.25) is 4.79 Å². The molecule has 0 aromatic heterocycles. The maximum Gasteiger partial charge on any atom is 0.230 e. The van der Waals surface area contributed by atoms with Crippen LogP contribution in [0, 0.1) is 12.8 Å². The Morgan fingerprint density at radius 2 is 1.95 bits per heavy atom. The molecule has 0 N–H and O–H groups in total. The molecule has 1 unspecified atom stereocenters. The molecule has 3 rings (SSSR count). The molecule has 0 bridgehead atoms. The highest BCUT2D eigenvalue weighted by atomic mass is 79.9. The summed E-state index contributed by atoms with van der Waals surface area (Å²) >= 11 is 9.41. The zero-order valence-electron chi connectivity index (χ0n) is 12.4. The van der Waals surface area contributed by atoms with Crippen LogP contribution in [0.5, 0.6) is 0 Å². The van der Waals surface area contributed by atoms with Crippen LogP contribution >= 0.6 is 27.5 Å². The fourth-order valence-electron chi connectivity index (χ4n) is 2.89. The second kappa shape index (κ2) is 6.43. The molecule has 1 saturated heterocycles. The van der Waals surface area contributed by atoms with E-state index in [0.717, 1.165) is 45.7 Å². The quantitative estimate of drug-likeness (QED) is 0.735. The number of anilines is 1. The van der Waals surface area contributed by atoms with Gasteiger partial charge in [-0.05, 0) is 61.2 Å². The Balaban J connectivity index is 1.74. The Kier molecular flexibility index (Phi) is 4.55. The van der Waals surface area contributed by atoms with Gasteiger partial charge in [-0.25, -0.2) is 0 Å². The number of rotatable bonds is 3. The van der Waals surface area contributed by atoms with Gasteiger partial charge < -0.3 is 4.90 Å². The van der Waals surface area contributed by atoms with Crippen LogP contribution in [0.4, 0.5) is 5.69 Å². The van der Waals surface area contributed by atoms with E-state index in [0.29, 0.717) is 0 Å². The van der Waals surface area contributed by atoms with E-state index in [9.17, 15) is 4.79 Å². The van der Waals surface area contributed by atoms with Crippen molar-refractivity contribution in [3.8, 4) is 0 Å². The van der Waals surface area contributed by atoms with Crippen molar-refractivity contribution in [2.24, 2.45) is 5.92 Å². The second-order valence-corrected chi connectivity index (χ2v) is 7.03. The smallest absolute Gasteiger partial charge is 0.230 e. The van der Waals surface area contributed by atoms with Crippen LogP contribution in [-0.2, 0) is 11.2 Å². The molecular formula is C18H17BrClNO. The van der Waals surface area contributed by atoms with E-state index < -0.39 is 0 Å². The van der Waals surface area contributed by atoms with Gasteiger partial charge in [0.25, 0.3) is 0 Å². The first-order valence-corrected chi connectivity index (χ1v) is 8.53. The van der Waals surface area contributed by atoms with Gasteiger partial charge in [-0.2, -0.15) is 0 Å². The lowest BCUT2D eigenvalue weighted by Crippen LogP contribution is -2.27. The van der Waals surface area contributed by atoms with Gasteiger partial charge in [-0.15, -0.1) is 0 Å². The zero-order chi connectivity index (χ0) is 15.7. The average Bonchev–Trinajstić information content (AvgIpc) is 2.86. The Morgan fingerprint density at radius 3 is 2.64 bits per heavy atom. The average molecular weight is 379 g/mol. The Hall–Kier alpha value is -1.32. The number of carbonyl (C=O) groups is 1. The van der Waals surface area contributed by atoms with Gasteiger partial charge in [0.1, 0.15) is 0 Å². The molecule has 2 nitrogen and oxygen atoms in total. The Labute approximate surface area is 144 Å². The molecule has 114 valence electrons. The number of hydrogen-bond acceptors (Lipinski definition) is 1. The predicted octanol–water partition coefficient (Wildman–Crippen LogP) is 5.01. The van der Waals surface area contributed by atoms with Gasteiger partial charge in [0, 0.05) is 27.6 Å². The van der Waals surface area contributed by atoms with Crippen molar-refractivity contribution in [1.82, 2.24) is 0 Å². The summed E-state index contributed by atoms with van der Waals surface area (Å²) in [5.41, 5.74) is 3.30. The molecule has 1 aliphatic rings. The largest absolute Gasteiger partial charge is 0.312 e. The van der Waals surface area contributed by atoms with Gasteiger partial charge in [0.05, 0.1) is 0 Å². The summed E-state index contributed by atoms with van der Waals surface area (Å²) in [5, 5.41) is 0.730. The summed E-state index contributed by atoms with van der Waals surface area (Å²) in [5.74, 6) is 0.279. The van der Waals surface area contributed by atoms with Crippen LogP contribution in [0.25, 0.3) is 0 Å². The van der Waals surface area contributed by atoms with Crippen molar-refractivity contribution in [2.45, 2.75) is 19.8 Å². The first kappa shape index (κ1) is 15.6.